The first-order chi connectivity index (χ1) is 5.69. The lowest BCUT2D eigenvalue weighted by molar-refractivity contribution is 0.982. The predicted octanol–water partition coefficient (Wildman–Crippen LogP) is 1.66. The highest BCUT2D eigenvalue weighted by Crippen LogP contribution is 2.30. The number of hydrogen-bond donors (Lipinski definition) is 1. The van der Waals surface area contributed by atoms with Gasteiger partial charge in [-0.05, 0) is 13.0 Å². The fourth-order valence-electron chi connectivity index (χ4n) is 0.823. The molecular weight excluding hydrogens is 170 g/mol. The van der Waals surface area contributed by atoms with E-state index in [1.54, 1.807) is 0 Å². The molecule has 3 nitrogen and oxygen atoms in total. The molecule has 1 rings (SSSR count). The van der Waals surface area contributed by atoms with E-state index >= 15 is 0 Å². The smallest absolute Gasteiger partial charge is 0.129 e. The Morgan fingerprint density at radius 2 is 2.42 bits per heavy atom. The van der Waals surface area contributed by atoms with Crippen LogP contribution in [0.1, 0.15) is 11.8 Å². The van der Waals surface area contributed by atoms with Crippen molar-refractivity contribution in [2.75, 3.05) is 24.2 Å². The maximum Gasteiger partial charge on any atom is 0.129 e. The third kappa shape index (κ3) is 1.51. The summed E-state index contributed by atoms with van der Waals surface area (Å²) in [7, 11) is 1.98. The van der Waals surface area contributed by atoms with Crippen LogP contribution in [0.2, 0.25) is 0 Å². The van der Waals surface area contributed by atoms with Gasteiger partial charge in [0.25, 0.3) is 0 Å². The molecule has 0 amide bonds. The molecule has 0 atom stereocenters. The van der Waals surface area contributed by atoms with Gasteiger partial charge in [0.1, 0.15) is 10.9 Å². The van der Waals surface area contributed by atoms with Gasteiger partial charge in [0.2, 0.25) is 0 Å². The number of rotatable bonds is 2. The van der Waals surface area contributed by atoms with Gasteiger partial charge in [-0.3, -0.25) is 0 Å². The summed E-state index contributed by atoms with van der Waals surface area (Å²) in [6.45, 7) is 2.98. The van der Waals surface area contributed by atoms with Gasteiger partial charge in [-0.2, -0.15) is 5.26 Å². The van der Waals surface area contributed by atoms with Gasteiger partial charge in [0.05, 0.1) is 10.7 Å². The third-order valence-corrected chi connectivity index (χ3v) is 2.87. The van der Waals surface area contributed by atoms with E-state index < -0.39 is 0 Å². The summed E-state index contributed by atoms with van der Waals surface area (Å²) in [5.41, 5.74) is 6.19. The van der Waals surface area contributed by atoms with Gasteiger partial charge < -0.3 is 10.6 Å². The zero-order chi connectivity index (χ0) is 9.14. The first-order valence-corrected chi connectivity index (χ1v) is 4.51. The predicted molar refractivity (Wildman–Crippen MR) is 52.4 cm³/mol. The molecule has 0 unspecified atom stereocenters. The highest BCUT2D eigenvalue weighted by Gasteiger charge is 2.07. The van der Waals surface area contributed by atoms with E-state index in [1.165, 1.54) is 11.3 Å². The highest BCUT2D eigenvalue weighted by atomic mass is 32.1. The van der Waals surface area contributed by atoms with E-state index in [0.29, 0.717) is 10.6 Å². The Bertz CT molecular complexity index is 311. The van der Waals surface area contributed by atoms with Crippen LogP contribution in [0.25, 0.3) is 0 Å². The van der Waals surface area contributed by atoms with Gasteiger partial charge in [0, 0.05) is 13.6 Å². The van der Waals surface area contributed by atoms with E-state index in [-0.39, 0.29) is 0 Å². The molecule has 0 spiro atoms. The summed E-state index contributed by atoms with van der Waals surface area (Å²) in [4.78, 5) is 2.66. The Morgan fingerprint density at radius 3 is 2.83 bits per heavy atom. The fraction of sp³-hybridized carbons (Fsp3) is 0.375. The summed E-state index contributed by atoms with van der Waals surface area (Å²) < 4.78 is 0. The SMILES string of the molecule is CCN(C)c1cc(N)c(C#N)s1. The highest BCUT2D eigenvalue weighted by molar-refractivity contribution is 7.17. The molecule has 0 aromatic carbocycles. The lowest BCUT2D eigenvalue weighted by Gasteiger charge is -2.12. The standard InChI is InChI=1S/C8H11N3S/c1-3-11(2)8-4-6(10)7(5-9)12-8/h4H,3,10H2,1-2H3. The van der Waals surface area contributed by atoms with Gasteiger partial charge in [0.15, 0.2) is 0 Å². The summed E-state index contributed by atoms with van der Waals surface area (Å²) in [5, 5.41) is 9.70. The van der Waals surface area contributed by atoms with Crippen molar-refractivity contribution >= 4 is 22.0 Å². The summed E-state index contributed by atoms with van der Waals surface area (Å²) in [6, 6.07) is 3.90. The second-order valence-corrected chi connectivity index (χ2v) is 3.53. The minimum absolute atomic E-state index is 0.581. The largest absolute Gasteiger partial charge is 0.397 e. The van der Waals surface area contributed by atoms with E-state index in [1.807, 2.05) is 13.1 Å². The second-order valence-electron chi connectivity index (χ2n) is 2.50. The molecule has 2 N–H and O–H groups in total. The summed E-state index contributed by atoms with van der Waals surface area (Å²) in [6.07, 6.45) is 0. The zero-order valence-electron chi connectivity index (χ0n) is 7.16. The number of nitrogens with two attached hydrogens (primary N) is 1. The molecule has 0 saturated heterocycles. The normalized spacial score (nSPS) is 9.42. The molecule has 0 saturated carbocycles. The van der Waals surface area contributed by atoms with Crippen LogP contribution in [0.15, 0.2) is 6.07 Å². The molecule has 0 aliphatic heterocycles. The fourth-order valence-corrected chi connectivity index (χ4v) is 1.73. The minimum atomic E-state index is 0.581. The molecular formula is C8H11N3S. The molecule has 64 valence electrons. The van der Waals surface area contributed by atoms with Crippen LogP contribution in [-0.2, 0) is 0 Å². The van der Waals surface area contributed by atoms with Crippen LogP contribution in [0.5, 0.6) is 0 Å². The summed E-state index contributed by atoms with van der Waals surface area (Å²) >= 11 is 1.43. The Balaban J connectivity index is 2.98. The number of nitrogen functional groups attached to an aromatic ring is 1. The molecule has 0 aliphatic carbocycles. The topological polar surface area (TPSA) is 53.0 Å². The number of thiophene rings is 1. The molecule has 4 heteroatoms. The van der Waals surface area contributed by atoms with Gasteiger partial charge in [-0.15, -0.1) is 11.3 Å². The van der Waals surface area contributed by atoms with Crippen molar-refractivity contribution in [2.24, 2.45) is 0 Å². The molecule has 0 aliphatic rings. The Morgan fingerprint density at radius 1 is 1.75 bits per heavy atom. The van der Waals surface area contributed by atoms with E-state index in [0.717, 1.165) is 11.5 Å². The molecule has 0 radical (unpaired) electrons. The van der Waals surface area contributed by atoms with Gasteiger partial charge >= 0.3 is 0 Å². The maximum absolute atomic E-state index is 8.65. The number of nitrogens with zero attached hydrogens (tertiary/aromatic N) is 2. The van der Waals surface area contributed by atoms with Gasteiger partial charge in [-0.25, -0.2) is 0 Å². The molecule has 1 aromatic heterocycles. The quantitative estimate of drug-likeness (QED) is 0.755. The molecule has 12 heavy (non-hydrogen) atoms. The van der Waals surface area contributed by atoms with Crippen LogP contribution in [0.3, 0.4) is 0 Å². The van der Waals surface area contributed by atoms with Crippen molar-refractivity contribution < 1.29 is 0 Å². The molecule has 1 aromatic rings. The number of hydrogen-bond acceptors (Lipinski definition) is 4. The second kappa shape index (κ2) is 3.46. The average molecular weight is 181 g/mol. The van der Waals surface area contributed by atoms with Crippen molar-refractivity contribution in [1.29, 1.82) is 5.26 Å². The first-order valence-electron chi connectivity index (χ1n) is 3.69. The van der Waals surface area contributed by atoms with Crippen LogP contribution < -0.4 is 10.6 Å². The van der Waals surface area contributed by atoms with Crippen LogP contribution >= 0.6 is 11.3 Å². The monoisotopic (exact) mass is 181 g/mol. The molecule has 1 heterocycles. The zero-order valence-corrected chi connectivity index (χ0v) is 7.98. The van der Waals surface area contributed by atoms with Crippen molar-refractivity contribution in [3.63, 3.8) is 0 Å². The Labute approximate surface area is 76.0 Å². The lowest BCUT2D eigenvalue weighted by atomic mass is 10.4. The van der Waals surface area contributed by atoms with Crippen molar-refractivity contribution in [3.8, 4) is 6.07 Å². The van der Waals surface area contributed by atoms with Crippen molar-refractivity contribution in [3.05, 3.63) is 10.9 Å². The van der Waals surface area contributed by atoms with Gasteiger partial charge in [-0.1, -0.05) is 0 Å². The lowest BCUT2D eigenvalue weighted by Crippen LogP contribution is -2.13. The van der Waals surface area contributed by atoms with Crippen LogP contribution in [0.4, 0.5) is 10.7 Å². The summed E-state index contributed by atoms with van der Waals surface area (Å²) in [5.74, 6) is 0. The molecule has 0 bridgehead atoms. The molecule has 0 fully saturated rings. The third-order valence-electron chi connectivity index (χ3n) is 1.70. The Kier molecular flexibility index (Phi) is 2.56. The average Bonchev–Trinajstić information content (AvgIpc) is 2.45. The van der Waals surface area contributed by atoms with E-state index in [2.05, 4.69) is 17.9 Å². The number of nitriles is 1. The van der Waals surface area contributed by atoms with Crippen molar-refractivity contribution in [1.82, 2.24) is 0 Å². The maximum atomic E-state index is 8.65. The first kappa shape index (κ1) is 8.88. The van der Waals surface area contributed by atoms with Crippen molar-refractivity contribution in [2.45, 2.75) is 6.92 Å². The van der Waals surface area contributed by atoms with Crippen LogP contribution in [0, 0.1) is 11.3 Å². The van der Waals surface area contributed by atoms with E-state index in [4.69, 9.17) is 11.0 Å². The Hall–Kier alpha value is -1.21. The van der Waals surface area contributed by atoms with Crippen LogP contribution in [-0.4, -0.2) is 13.6 Å². The van der Waals surface area contributed by atoms with E-state index in [9.17, 15) is 0 Å². The number of anilines is 2. The minimum Gasteiger partial charge on any atom is -0.397 e.